The highest BCUT2D eigenvalue weighted by Gasteiger charge is 2.23. The first-order valence-electron chi connectivity index (χ1n) is 9.65. The zero-order valence-electron chi connectivity index (χ0n) is 17.0. The first-order valence-corrected chi connectivity index (χ1v) is 10.0. The van der Waals surface area contributed by atoms with Gasteiger partial charge in [-0.15, -0.1) is 0 Å². The molecule has 0 amide bonds. The number of carbonyl (C=O) groups excluding carboxylic acids is 1. The highest BCUT2D eigenvalue weighted by atomic mass is 35.5. The maximum absolute atomic E-state index is 12.9. The van der Waals surface area contributed by atoms with Gasteiger partial charge in [0.1, 0.15) is 11.3 Å². The van der Waals surface area contributed by atoms with Crippen molar-refractivity contribution in [3.63, 3.8) is 0 Å². The maximum Gasteiger partial charge on any atom is 0.435 e. The predicted octanol–water partition coefficient (Wildman–Crippen LogP) is 6.88. The van der Waals surface area contributed by atoms with Gasteiger partial charge in [0.15, 0.2) is 0 Å². The summed E-state index contributed by atoms with van der Waals surface area (Å²) in [5, 5.41) is 9.37. The molecule has 1 N–H and O–H groups in total. The lowest BCUT2D eigenvalue weighted by atomic mass is 10.1. The standard InChI is InChI=1S/C24H22ClN3O2/c1-24(2,3)30-23(29)28-21-15-17(26-20-12-8-7-11-19(20)25)13-14-18(21)22(27-28)16-9-5-4-6-10-16/h4-15,26H,1-3H3. The van der Waals surface area contributed by atoms with E-state index in [0.717, 1.165) is 28.0 Å². The summed E-state index contributed by atoms with van der Waals surface area (Å²) in [6.07, 6.45) is -0.524. The third-order valence-electron chi connectivity index (χ3n) is 4.45. The van der Waals surface area contributed by atoms with Gasteiger partial charge in [-0.3, -0.25) is 0 Å². The minimum Gasteiger partial charge on any atom is -0.442 e. The lowest BCUT2D eigenvalue weighted by molar-refractivity contribution is 0.0523. The molecule has 3 aromatic carbocycles. The molecule has 0 aliphatic rings. The molecule has 0 saturated carbocycles. The number of para-hydroxylation sites is 1. The van der Waals surface area contributed by atoms with Crippen LogP contribution in [0, 0.1) is 0 Å². The third-order valence-corrected chi connectivity index (χ3v) is 4.78. The Labute approximate surface area is 180 Å². The van der Waals surface area contributed by atoms with Gasteiger partial charge in [-0.25, -0.2) is 4.79 Å². The van der Waals surface area contributed by atoms with Crippen molar-refractivity contribution in [3.8, 4) is 11.3 Å². The number of rotatable bonds is 3. The highest BCUT2D eigenvalue weighted by molar-refractivity contribution is 6.33. The molecule has 0 fully saturated rings. The number of hydrogen-bond donors (Lipinski definition) is 1. The van der Waals surface area contributed by atoms with Gasteiger partial charge in [0, 0.05) is 16.6 Å². The summed E-state index contributed by atoms with van der Waals surface area (Å²) in [6.45, 7) is 5.50. The Bertz CT molecular complexity index is 1210. The van der Waals surface area contributed by atoms with E-state index in [2.05, 4.69) is 10.4 Å². The van der Waals surface area contributed by atoms with Crippen molar-refractivity contribution >= 4 is 40.0 Å². The van der Waals surface area contributed by atoms with Crippen LogP contribution in [0.15, 0.2) is 72.8 Å². The van der Waals surface area contributed by atoms with E-state index < -0.39 is 11.7 Å². The third kappa shape index (κ3) is 4.16. The van der Waals surface area contributed by atoms with Crippen molar-refractivity contribution in [2.45, 2.75) is 26.4 Å². The molecule has 0 spiro atoms. The number of nitrogens with zero attached hydrogens (tertiary/aromatic N) is 2. The fourth-order valence-electron chi connectivity index (χ4n) is 3.16. The average Bonchev–Trinajstić information content (AvgIpc) is 3.08. The average molecular weight is 420 g/mol. The van der Waals surface area contributed by atoms with Gasteiger partial charge in [0.05, 0.1) is 16.2 Å². The lowest BCUT2D eigenvalue weighted by Crippen LogP contribution is -2.27. The van der Waals surface area contributed by atoms with E-state index in [4.69, 9.17) is 16.3 Å². The molecule has 0 saturated heterocycles. The van der Waals surface area contributed by atoms with Crippen LogP contribution in [0.25, 0.3) is 22.2 Å². The van der Waals surface area contributed by atoms with Crippen molar-refractivity contribution in [1.82, 2.24) is 9.78 Å². The molecule has 0 radical (unpaired) electrons. The number of benzene rings is 3. The zero-order valence-corrected chi connectivity index (χ0v) is 17.8. The highest BCUT2D eigenvalue weighted by Crippen LogP contribution is 2.32. The monoisotopic (exact) mass is 419 g/mol. The van der Waals surface area contributed by atoms with E-state index in [0.29, 0.717) is 10.5 Å². The molecule has 0 atom stereocenters. The number of carbonyl (C=O) groups is 1. The number of halogens is 1. The van der Waals surface area contributed by atoms with Crippen molar-refractivity contribution in [1.29, 1.82) is 0 Å². The van der Waals surface area contributed by atoms with Gasteiger partial charge in [-0.2, -0.15) is 9.78 Å². The molecular weight excluding hydrogens is 398 g/mol. The quantitative estimate of drug-likeness (QED) is 0.393. The minimum absolute atomic E-state index is 0.524. The van der Waals surface area contributed by atoms with Crippen LogP contribution in [-0.2, 0) is 4.74 Å². The van der Waals surface area contributed by atoms with Gasteiger partial charge in [-0.05, 0) is 51.1 Å². The van der Waals surface area contributed by atoms with Crippen LogP contribution in [0.3, 0.4) is 0 Å². The second-order valence-corrected chi connectivity index (χ2v) is 8.35. The molecule has 1 aromatic heterocycles. The molecule has 0 aliphatic heterocycles. The minimum atomic E-state index is -0.629. The zero-order chi connectivity index (χ0) is 21.3. The number of nitrogens with one attached hydrogen (secondary N) is 1. The Kier molecular flexibility index (Phi) is 5.22. The second-order valence-electron chi connectivity index (χ2n) is 7.94. The van der Waals surface area contributed by atoms with Crippen molar-refractivity contribution < 1.29 is 9.53 Å². The molecule has 30 heavy (non-hydrogen) atoms. The fourth-order valence-corrected chi connectivity index (χ4v) is 3.35. The molecule has 0 aliphatic carbocycles. The molecule has 152 valence electrons. The van der Waals surface area contributed by atoms with Crippen LogP contribution >= 0.6 is 11.6 Å². The van der Waals surface area contributed by atoms with Crippen molar-refractivity contribution in [2.75, 3.05) is 5.32 Å². The summed E-state index contributed by atoms with van der Waals surface area (Å²) in [6, 6.07) is 23.0. The Balaban J connectivity index is 1.83. The molecular formula is C24H22ClN3O2. The maximum atomic E-state index is 12.9. The van der Waals surface area contributed by atoms with Crippen molar-refractivity contribution in [2.24, 2.45) is 0 Å². The summed E-state index contributed by atoms with van der Waals surface area (Å²) in [5.74, 6) is 0. The van der Waals surface area contributed by atoms with E-state index in [1.165, 1.54) is 4.68 Å². The number of ether oxygens (including phenoxy) is 1. The van der Waals surface area contributed by atoms with E-state index in [-0.39, 0.29) is 0 Å². The summed E-state index contributed by atoms with van der Waals surface area (Å²) >= 11 is 6.28. The molecule has 4 rings (SSSR count). The van der Waals surface area contributed by atoms with Gasteiger partial charge in [-0.1, -0.05) is 54.1 Å². The van der Waals surface area contributed by atoms with Crippen LogP contribution < -0.4 is 5.32 Å². The molecule has 1 heterocycles. The smallest absolute Gasteiger partial charge is 0.435 e. The summed E-state index contributed by atoms with van der Waals surface area (Å²) in [4.78, 5) is 12.9. The molecule has 0 unspecified atom stereocenters. The molecule has 0 bridgehead atoms. The van der Waals surface area contributed by atoms with Gasteiger partial charge in [0.25, 0.3) is 0 Å². The Morgan fingerprint density at radius 1 is 1.00 bits per heavy atom. The van der Waals surface area contributed by atoms with E-state index in [9.17, 15) is 4.79 Å². The number of fused-ring (bicyclic) bond motifs is 1. The van der Waals surface area contributed by atoms with E-state index in [1.807, 2.05) is 93.6 Å². The second kappa shape index (κ2) is 7.84. The SMILES string of the molecule is CC(C)(C)OC(=O)n1nc(-c2ccccc2)c2ccc(Nc3ccccc3Cl)cc21. The first kappa shape index (κ1) is 20.0. The van der Waals surface area contributed by atoms with Gasteiger partial charge in [0.2, 0.25) is 0 Å². The first-order chi connectivity index (χ1) is 14.3. The summed E-state index contributed by atoms with van der Waals surface area (Å²) in [5.41, 5.74) is 3.25. The van der Waals surface area contributed by atoms with Gasteiger partial charge < -0.3 is 10.1 Å². The number of aromatic nitrogens is 2. The van der Waals surface area contributed by atoms with Crippen LogP contribution in [0.4, 0.5) is 16.2 Å². The Morgan fingerprint density at radius 2 is 1.70 bits per heavy atom. The fraction of sp³-hybridized carbons (Fsp3) is 0.167. The van der Waals surface area contributed by atoms with Crippen molar-refractivity contribution in [3.05, 3.63) is 77.8 Å². The molecule has 5 nitrogen and oxygen atoms in total. The van der Waals surface area contributed by atoms with Crippen LogP contribution in [0.5, 0.6) is 0 Å². The molecule has 6 heteroatoms. The Hall–Kier alpha value is -3.31. The predicted molar refractivity (Wildman–Crippen MR) is 122 cm³/mol. The summed E-state index contributed by atoms with van der Waals surface area (Å²) < 4.78 is 6.90. The number of anilines is 2. The van der Waals surface area contributed by atoms with Crippen LogP contribution in [0.1, 0.15) is 20.8 Å². The van der Waals surface area contributed by atoms with Crippen LogP contribution in [0.2, 0.25) is 5.02 Å². The number of hydrogen-bond acceptors (Lipinski definition) is 4. The summed E-state index contributed by atoms with van der Waals surface area (Å²) in [7, 11) is 0. The lowest BCUT2D eigenvalue weighted by Gasteiger charge is -2.19. The largest absolute Gasteiger partial charge is 0.442 e. The van der Waals surface area contributed by atoms with Gasteiger partial charge >= 0.3 is 6.09 Å². The van der Waals surface area contributed by atoms with E-state index in [1.54, 1.807) is 0 Å². The normalized spacial score (nSPS) is 11.5. The van der Waals surface area contributed by atoms with Crippen LogP contribution in [-0.4, -0.2) is 21.5 Å². The molecule has 4 aromatic rings. The topological polar surface area (TPSA) is 56.2 Å². The Morgan fingerprint density at radius 3 is 2.40 bits per heavy atom. The van der Waals surface area contributed by atoms with E-state index >= 15 is 0 Å².